The molecule has 0 aliphatic heterocycles. The van der Waals surface area contributed by atoms with E-state index in [-0.39, 0.29) is 11.7 Å². The molecule has 0 saturated heterocycles. The van der Waals surface area contributed by atoms with Gasteiger partial charge in [-0.1, -0.05) is 23.2 Å². The van der Waals surface area contributed by atoms with Gasteiger partial charge >= 0.3 is 0 Å². The van der Waals surface area contributed by atoms with Gasteiger partial charge in [0.05, 0.1) is 12.8 Å². The Morgan fingerprint density at radius 1 is 1.00 bits per heavy atom. The van der Waals surface area contributed by atoms with Gasteiger partial charge in [-0.2, -0.15) is 0 Å². The van der Waals surface area contributed by atoms with Crippen LogP contribution in [0.5, 0.6) is 5.75 Å². The number of rotatable bonds is 7. The molecule has 2 aromatic carbocycles. The molecule has 0 aliphatic carbocycles. The summed E-state index contributed by atoms with van der Waals surface area (Å²) in [5, 5.41) is 10.3. The lowest BCUT2D eigenvalue weighted by Crippen LogP contribution is -2.31. The van der Waals surface area contributed by atoms with Crippen molar-refractivity contribution in [1.29, 1.82) is 0 Å². The van der Waals surface area contributed by atoms with Gasteiger partial charge in [0, 0.05) is 21.4 Å². The van der Waals surface area contributed by atoms with Crippen LogP contribution >= 0.6 is 35.4 Å². The maximum absolute atomic E-state index is 11.9. The number of halogens is 2. The average Bonchev–Trinajstić information content (AvgIpc) is 3.21. The average molecular weight is 450 g/mol. The molecule has 150 valence electrons. The van der Waals surface area contributed by atoms with Crippen molar-refractivity contribution >= 4 is 57.8 Å². The zero-order valence-electron chi connectivity index (χ0n) is 15.1. The summed E-state index contributed by atoms with van der Waals surface area (Å²) in [6.07, 6.45) is 1.45. The smallest absolute Gasteiger partial charge is 0.291 e. The first-order valence-corrected chi connectivity index (χ1v) is 9.75. The highest BCUT2D eigenvalue weighted by atomic mass is 35.5. The van der Waals surface area contributed by atoms with Crippen LogP contribution in [0, 0.1) is 0 Å². The van der Waals surface area contributed by atoms with Crippen LogP contribution in [-0.4, -0.2) is 24.2 Å². The van der Waals surface area contributed by atoms with E-state index in [2.05, 4.69) is 16.0 Å². The molecule has 29 heavy (non-hydrogen) atoms. The minimum Gasteiger partial charge on any atom is -0.492 e. The third-order valence-corrected chi connectivity index (χ3v) is 4.32. The van der Waals surface area contributed by atoms with Crippen molar-refractivity contribution in [2.24, 2.45) is 0 Å². The van der Waals surface area contributed by atoms with Gasteiger partial charge in [0.25, 0.3) is 5.91 Å². The standard InChI is InChI=1S/C20H17Cl2N3O3S/c21-13-10-14(22)12-17(11-13)27-9-7-23-20(29)25-16-5-3-15(4-6-16)24-19(26)18-2-1-8-28-18/h1-6,8,10-12H,7,9H2,(H,24,26)(H2,23,25,29). The summed E-state index contributed by atoms with van der Waals surface area (Å²) in [6.45, 7) is 0.878. The van der Waals surface area contributed by atoms with E-state index in [0.29, 0.717) is 39.7 Å². The van der Waals surface area contributed by atoms with Gasteiger partial charge in [0.2, 0.25) is 0 Å². The van der Waals surface area contributed by atoms with Crippen molar-refractivity contribution in [3.63, 3.8) is 0 Å². The molecule has 1 heterocycles. The lowest BCUT2D eigenvalue weighted by Gasteiger charge is -2.12. The first-order chi connectivity index (χ1) is 14.0. The van der Waals surface area contributed by atoms with Gasteiger partial charge < -0.3 is 25.1 Å². The third kappa shape index (κ3) is 6.67. The Balaban J connectivity index is 1.40. The molecular formula is C20H17Cl2N3O3S. The molecule has 1 amide bonds. The summed E-state index contributed by atoms with van der Waals surface area (Å²) in [4.78, 5) is 11.9. The molecule has 0 radical (unpaired) electrons. The summed E-state index contributed by atoms with van der Waals surface area (Å²) in [7, 11) is 0. The van der Waals surface area contributed by atoms with Crippen LogP contribution in [0.15, 0.2) is 65.3 Å². The Labute approximate surface area is 183 Å². The highest BCUT2D eigenvalue weighted by Gasteiger charge is 2.08. The van der Waals surface area contributed by atoms with Gasteiger partial charge in [0.1, 0.15) is 12.4 Å². The normalized spacial score (nSPS) is 10.3. The number of ether oxygens (including phenoxy) is 1. The summed E-state index contributed by atoms with van der Waals surface area (Å²) in [6, 6.07) is 15.4. The molecule has 0 fully saturated rings. The lowest BCUT2D eigenvalue weighted by atomic mass is 10.2. The van der Waals surface area contributed by atoms with Crippen molar-refractivity contribution in [1.82, 2.24) is 5.32 Å². The Bertz CT molecular complexity index is 959. The van der Waals surface area contributed by atoms with Gasteiger partial charge in [-0.3, -0.25) is 4.79 Å². The number of benzene rings is 2. The van der Waals surface area contributed by atoms with Crippen LogP contribution in [0.3, 0.4) is 0 Å². The molecule has 6 nitrogen and oxygen atoms in total. The number of amides is 1. The molecule has 1 aromatic heterocycles. The number of thiocarbonyl (C=S) groups is 1. The highest BCUT2D eigenvalue weighted by Crippen LogP contribution is 2.24. The number of furan rings is 1. The van der Waals surface area contributed by atoms with Crippen LogP contribution in [0.1, 0.15) is 10.6 Å². The SMILES string of the molecule is O=C(Nc1ccc(NC(=S)NCCOc2cc(Cl)cc(Cl)c2)cc1)c1ccco1. The molecule has 0 unspecified atom stereocenters. The van der Waals surface area contributed by atoms with Crippen molar-refractivity contribution in [3.05, 3.63) is 76.7 Å². The Hall–Kier alpha value is -2.74. The molecule has 3 N–H and O–H groups in total. The number of hydrogen-bond donors (Lipinski definition) is 3. The number of carbonyl (C=O) groups is 1. The van der Waals surface area contributed by atoms with Gasteiger partial charge in [-0.05, 0) is 66.8 Å². The van der Waals surface area contributed by atoms with Crippen molar-refractivity contribution in [3.8, 4) is 5.75 Å². The number of nitrogens with one attached hydrogen (secondary N) is 3. The van der Waals surface area contributed by atoms with E-state index >= 15 is 0 Å². The van der Waals surface area contributed by atoms with Gasteiger partial charge in [-0.15, -0.1) is 0 Å². The molecule has 0 aliphatic rings. The van der Waals surface area contributed by atoms with Gasteiger partial charge in [0.15, 0.2) is 10.9 Å². The van der Waals surface area contributed by atoms with Crippen molar-refractivity contribution in [2.45, 2.75) is 0 Å². The second-order valence-electron chi connectivity index (χ2n) is 5.84. The first kappa shape index (κ1) is 21.0. The minimum atomic E-state index is -0.311. The van der Waals surface area contributed by atoms with E-state index in [4.69, 9.17) is 44.6 Å². The second-order valence-corrected chi connectivity index (χ2v) is 7.12. The van der Waals surface area contributed by atoms with E-state index in [1.807, 2.05) is 0 Å². The zero-order valence-corrected chi connectivity index (χ0v) is 17.4. The monoisotopic (exact) mass is 449 g/mol. The largest absolute Gasteiger partial charge is 0.492 e. The molecule has 0 atom stereocenters. The van der Waals surface area contributed by atoms with Crippen LogP contribution in [-0.2, 0) is 0 Å². The van der Waals surface area contributed by atoms with E-state index in [0.717, 1.165) is 5.69 Å². The van der Waals surface area contributed by atoms with Crippen LogP contribution in [0.25, 0.3) is 0 Å². The fraction of sp³-hybridized carbons (Fsp3) is 0.100. The van der Waals surface area contributed by atoms with Gasteiger partial charge in [-0.25, -0.2) is 0 Å². The van der Waals surface area contributed by atoms with Crippen LogP contribution in [0.4, 0.5) is 11.4 Å². The molecule has 0 saturated carbocycles. The summed E-state index contributed by atoms with van der Waals surface area (Å²) in [5.74, 6) is 0.532. The highest BCUT2D eigenvalue weighted by molar-refractivity contribution is 7.80. The molecule has 3 rings (SSSR count). The summed E-state index contributed by atoms with van der Waals surface area (Å²) in [5.41, 5.74) is 1.42. The van der Waals surface area contributed by atoms with Crippen molar-refractivity contribution < 1.29 is 13.9 Å². The van der Waals surface area contributed by atoms with Crippen LogP contribution in [0.2, 0.25) is 10.0 Å². The van der Waals surface area contributed by atoms with Crippen LogP contribution < -0.4 is 20.7 Å². The van der Waals surface area contributed by atoms with E-state index in [1.54, 1.807) is 54.6 Å². The summed E-state index contributed by atoms with van der Waals surface area (Å²) < 4.78 is 10.6. The molecule has 3 aromatic rings. The third-order valence-electron chi connectivity index (χ3n) is 3.64. The quantitative estimate of drug-likeness (QED) is 0.339. The topological polar surface area (TPSA) is 75.5 Å². The molecule has 0 spiro atoms. The van der Waals surface area contributed by atoms with E-state index < -0.39 is 0 Å². The lowest BCUT2D eigenvalue weighted by molar-refractivity contribution is 0.0996. The number of hydrogen-bond acceptors (Lipinski definition) is 4. The first-order valence-electron chi connectivity index (χ1n) is 8.58. The van der Waals surface area contributed by atoms with E-state index in [9.17, 15) is 4.79 Å². The molecule has 0 bridgehead atoms. The molecular weight excluding hydrogens is 433 g/mol. The minimum absolute atomic E-state index is 0.250. The Morgan fingerprint density at radius 3 is 2.28 bits per heavy atom. The predicted molar refractivity (Wildman–Crippen MR) is 119 cm³/mol. The fourth-order valence-corrected chi connectivity index (χ4v) is 3.08. The Kier molecular flexibility index (Phi) is 7.35. The Morgan fingerprint density at radius 2 is 1.66 bits per heavy atom. The summed E-state index contributed by atoms with van der Waals surface area (Å²) >= 11 is 17.1. The number of anilines is 2. The van der Waals surface area contributed by atoms with Crippen molar-refractivity contribution in [2.75, 3.05) is 23.8 Å². The second kappa shape index (κ2) is 10.2. The maximum atomic E-state index is 11.9. The number of carbonyl (C=O) groups excluding carboxylic acids is 1. The zero-order chi connectivity index (χ0) is 20.6. The maximum Gasteiger partial charge on any atom is 0.291 e. The van der Waals surface area contributed by atoms with E-state index in [1.165, 1.54) is 6.26 Å². The molecule has 9 heteroatoms. The predicted octanol–water partition coefficient (Wildman–Crippen LogP) is 5.20. The fourth-order valence-electron chi connectivity index (χ4n) is 2.36.